The van der Waals surface area contributed by atoms with Crippen molar-refractivity contribution in [3.05, 3.63) is 29.0 Å². The first-order chi connectivity index (χ1) is 6.96. The summed E-state index contributed by atoms with van der Waals surface area (Å²) in [4.78, 5) is 14.9. The van der Waals surface area contributed by atoms with E-state index in [1.54, 1.807) is 18.5 Å². The molecule has 2 rings (SSSR count). The molecular weight excluding hydrogens is 214 g/mol. The highest BCUT2D eigenvalue weighted by atomic mass is 35.5. The molecular formula is C11H12ClNO2. The largest absolute Gasteiger partial charge is 0.481 e. The van der Waals surface area contributed by atoms with Crippen LogP contribution in [0, 0.1) is 11.3 Å². The van der Waals surface area contributed by atoms with Crippen LogP contribution in [0.4, 0.5) is 0 Å². The van der Waals surface area contributed by atoms with Crippen molar-refractivity contribution < 1.29 is 9.90 Å². The topological polar surface area (TPSA) is 50.2 Å². The van der Waals surface area contributed by atoms with Crippen LogP contribution in [0.1, 0.15) is 25.3 Å². The fraction of sp³-hybridized carbons (Fsp3) is 0.455. The molecule has 0 aromatic carbocycles. The zero-order valence-corrected chi connectivity index (χ0v) is 9.32. The van der Waals surface area contributed by atoms with Crippen molar-refractivity contribution >= 4 is 17.6 Å². The van der Waals surface area contributed by atoms with Crippen molar-refractivity contribution in [1.29, 1.82) is 0 Å². The van der Waals surface area contributed by atoms with Crippen molar-refractivity contribution in [2.45, 2.75) is 19.8 Å². The summed E-state index contributed by atoms with van der Waals surface area (Å²) in [5, 5.41) is 9.61. The number of aromatic nitrogens is 1. The maximum Gasteiger partial charge on any atom is 0.307 e. The number of pyridine rings is 1. The summed E-state index contributed by atoms with van der Waals surface area (Å²) in [5.41, 5.74) is 0.681. The molecule has 0 amide bonds. The number of halogens is 1. The van der Waals surface area contributed by atoms with Gasteiger partial charge in [-0.25, -0.2) is 0 Å². The first-order valence-corrected chi connectivity index (χ1v) is 5.16. The Bertz CT molecular complexity index is 417. The van der Waals surface area contributed by atoms with E-state index in [0.717, 1.165) is 5.56 Å². The van der Waals surface area contributed by atoms with Gasteiger partial charge in [0.1, 0.15) is 0 Å². The van der Waals surface area contributed by atoms with E-state index in [1.807, 2.05) is 13.8 Å². The second kappa shape index (κ2) is 3.20. The van der Waals surface area contributed by atoms with Gasteiger partial charge in [0.25, 0.3) is 0 Å². The Morgan fingerprint density at radius 3 is 2.73 bits per heavy atom. The molecule has 1 aliphatic carbocycles. The summed E-state index contributed by atoms with van der Waals surface area (Å²) in [6.07, 6.45) is 3.21. The van der Waals surface area contributed by atoms with E-state index < -0.39 is 5.97 Å². The van der Waals surface area contributed by atoms with Gasteiger partial charge in [-0.05, 0) is 17.0 Å². The number of hydrogen-bond acceptors (Lipinski definition) is 2. The number of nitrogens with zero attached hydrogens (tertiary/aromatic N) is 1. The zero-order chi connectivity index (χ0) is 11.2. The van der Waals surface area contributed by atoms with Gasteiger partial charge in [0, 0.05) is 18.3 Å². The van der Waals surface area contributed by atoms with Crippen molar-refractivity contribution in [3.63, 3.8) is 0 Å². The summed E-state index contributed by atoms with van der Waals surface area (Å²) in [5.74, 6) is -1.08. The van der Waals surface area contributed by atoms with Gasteiger partial charge in [0.15, 0.2) is 0 Å². The van der Waals surface area contributed by atoms with Crippen LogP contribution in [0.2, 0.25) is 5.02 Å². The van der Waals surface area contributed by atoms with E-state index >= 15 is 0 Å². The molecule has 1 aromatic rings. The van der Waals surface area contributed by atoms with Gasteiger partial charge in [-0.3, -0.25) is 9.78 Å². The fourth-order valence-electron chi connectivity index (χ4n) is 2.32. The van der Waals surface area contributed by atoms with Gasteiger partial charge < -0.3 is 5.11 Å². The third-order valence-electron chi connectivity index (χ3n) is 3.23. The monoisotopic (exact) mass is 225 g/mol. The molecule has 0 spiro atoms. The summed E-state index contributed by atoms with van der Waals surface area (Å²) < 4.78 is 0. The summed E-state index contributed by atoms with van der Waals surface area (Å²) >= 11 is 6.00. The van der Waals surface area contributed by atoms with Gasteiger partial charge in [0.05, 0.1) is 10.9 Å². The molecule has 1 aromatic heterocycles. The maximum absolute atomic E-state index is 11.0. The van der Waals surface area contributed by atoms with E-state index in [-0.39, 0.29) is 17.3 Å². The van der Waals surface area contributed by atoms with Crippen molar-refractivity contribution in [2.75, 3.05) is 0 Å². The predicted octanol–water partition coefficient (Wildman–Crippen LogP) is 2.56. The highest BCUT2D eigenvalue weighted by Gasteiger charge is 2.63. The third kappa shape index (κ3) is 1.51. The molecule has 3 nitrogen and oxygen atoms in total. The Balaban J connectivity index is 2.36. The van der Waals surface area contributed by atoms with Gasteiger partial charge in [-0.2, -0.15) is 0 Å². The molecule has 0 saturated heterocycles. The summed E-state index contributed by atoms with van der Waals surface area (Å²) in [6.45, 7) is 3.90. The molecule has 4 heteroatoms. The van der Waals surface area contributed by atoms with Crippen LogP contribution >= 0.6 is 11.6 Å². The molecule has 0 bridgehead atoms. The molecule has 80 valence electrons. The average Bonchev–Trinajstić information content (AvgIpc) is 2.70. The van der Waals surface area contributed by atoms with Crippen molar-refractivity contribution in [2.24, 2.45) is 11.3 Å². The van der Waals surface area contributed by atoms with Crippen molar-refractivity contribution in [3.8, 4) is 0 Å². The van der Waals surface area contributed by atoms with Gasteiger partial charge >= 0.3 is 5.97 Å². The number of carboxylic acids is 1. The first kappa shape index (κ1) is 10.4. The predicted molar refractivity (Wildman–Crippen MR) is 56.9 cm³/mol. The normalized spacial score (nSPS) is 27.4. The Morgan fingerprint density at radius 1 is 1.60 bits per heavy atom. The van der Waals surface area contributed by atoms with Crippen molar-refractivity contribution in [1.82, 2.24) is 4.98 Å². The second-order valence-electron chi connectivity index (χ2n) is 4.51. The number of carbonyl (C=O) groups is 1. The SMILES string of the molecule is CC1(C)[C@H](C(=O)O)[C@H]1c1ccncc1Cl. The van der Waals surface area contributed by atoms with E-state index in [2.05, 4.69) is 4.98 Å². The maximum atomic E-state index is 11.0. The van der Waals surface area contributed by atoms with E-state index in [4.69, 9.17) is 16.7 Å². The molecule has 15 heavy (non-hydrogen) atoms. The van der Waals surface area contributed by atoms with Gasteiger partial charge in [-0.1, -0.05) is 25.4 Å². The van der Waals surface area contributed by atoms with E-state index in [0.29, 0.717) is 5.02 Å². The Labute approximate surface area is 93.1 Å². The lowest BCUT2D eigenvalue weighted by molar-refractivity contribution is -0.139. The van der Waals surface area contributed by atoms with E-state index in [1.165, 1.54) is 0 Å². The molecule has 1 fully saturated rings. The number of aliphatic carboxylic acids is 1. The smallest absolute Gasteiger partial charge is 0.307 e. The molecule has 2 atom stereocenters. The minimum atomic E-state index is -0.752. The summed E-state index contributed by atoms with van der Waals surface area (Å²) in [7, 11) is 0. The first-order valence-electron chi connectivity index (χ1n) is 4.78. The van der Waals surface area contributed by atoms with Crippen LogP contribution in [-0.2, 0) is 4.79 Å². The molecule has 1 N–H and O–H groups in total. The number of rotatable bonds is 2. The zero-order valence-electron chi connectivity index (χ0n) is 8.57. The van der Waals surface area contributed by atoms with Gasteiger partial charge in [0.2, 0.25) is 0 Å². The van der Waals surface area contributed by atoms with Crippen LogP contribution in [0.25, 0.3) is 0 Å². The Kier molecular flexibility index (Phi) is 2.23. The number of carboxylic acid groups (broad SMARTS) is 1. The second-order valence-corrected chi connectivity index (χ2v) is 4.92. The average molecular weight is 226 g/mol. The quantitative estimate of drug-likeness (QED) is 0.842. The summed E-state index contributed by atoms with van der Waals surface area (Å²) in [6, 6.07) is 1.80. The highest BCUT2D eigenvalue weighted by molar-refractivity contribution is 6.31. The van der Waals surface area contributed by atoms with Gasteiger partial charge in [-0.15, -0.1) is 0 Å². The lowest BCUT2D eigenvalue weighted by atomic mass is 10.0. The van der Waals surface area contributed by atoms with Crippen LogP contribution in [0.5, 0.6) is 0 Å². The molecule has 0 radical (unpaired) electrons. The molecule has 1 aliphatic rings. The highest BCUT2D eigenvalue weighted by Crippen LogP contribution is 2.65. The standard InChI is InChI=1S/C11H12ClNO2/c1-11(2)8(9(11)10(14)15)6-3-4-13-5-7(6)12/h3-5,8-9H,1-2H3,(H,14,15)/t8-,9+/m1/s1. The lowest BCUT2D eigenvalue weighted by Crippen LogP contribution is -2.03. The third-order valence-corrected chi connectivity index (χ3v) is 3.55. The molecule has 1 saturated carbocycles. The minimum Gasteiger partial charge on any atom is -0.481 e. The molecule has 0 unspecified atom stereocenters. The Morgan fingerprint density at radius 2 is 2.27 bits per heavy atom. The molecule has 1 heterocycles. The lowest BCUT2D eigenvalue weighted by Gasteiger charge is -2.03. The molecule has 0 aliphatic heterocycles. The van der Waals surface area contributed by atoms with Crippen LogP contribution in [0.15, 0.2) is 18.5 Å². The fourth-order valence-corrected chi connectivity index (χ4v) is 2.55. The van der Waals surface area contributed by atoms with Crippen LogP contribution in [0.3, 0.4) is 0 Å². The van der Waals surface area contributed by atoms with E-state index in [9.17, 15) is 4.79 Å². The Hall–Kier alpha value is -1.09. The number of hydrogen-bond donors (Lipinski definition) is 1. The van der Waals surface area contributed by atoms with Crippen LogP contribution in [-0.4, -0.2) is 16.1 Å². The van der Waals surface area contributed by atoms with Crippen LogP contribution < -0.4 is 0 Å². The minimum absolute atomic E-state index is 0.00509.